The maximum absolute atomic E-state index is 12.5. The summed E-state index contributed by atoms with van der Waals surface area (Å²) in [6.45, 7) is 0. The average molecular weight is 694 g/mol. The third-order valence-electron chi connectivity index (χ3n) is 4.20. The number of hydrogen-bond donors (Lipinski definition) is 2. The molecule has 0 aliphatic rings. The van der Waals surface area contributed by atoms with Gasteiger partial charge in [-0.1, -0.05) is 23.2 Å². The van der Waals surface area contributed by atoms with Crippen LogP contribution in [0.2, 0.25) is 10.0 Å². The molecule has 1 aromatic heterocycles. The van der Waals surface area contributed by atoms with Crippen LogP contribution in [0, 0.1) is 7.14 Å². The van der Waals surface area contributed by atoms with Crippen LogP contribution in [0.5, 0.6) is 0 Å². The molecule has 0 bridgehead atoms. The molecule has 0 saturated heterocycles. The first-order valence-corrected chi connectivity index (χ1v) is 12.1. The number of fused-ring (bicyclic) bond motifs is 1. The van der Waals surface area contributed by atoms with Gasteiger partial charge in [-0.15, -0.1) is 0 Å². The molecule has 0 saturated carbocycles. The zero-order valence-corrected chi connectivity index (χ0v) is 22.0. The number of anilines is 1. The Kier molecular flexibility index (Phi) is 7.01. The number of nitrogens with one attached hydrogen (secondary N) is 2. The monoisotopic (exact) mass is 693 g/mol. The number of amides is 1. The van der Waals surface area contributed by atoms with Gasteiger partial charge < -0.3 is 9.73 Å². The number of halogens is 4. The van der Waals surface area contributed by atoms with E-state index in [9.17, 15) is 4.79 Å². The summed E-state index contributed by atoms with van der Waals surface area (Å²) in [5.41, 5.74) is 2.96. The molecule has 31 heavy (non-hydrogen) atoms. The molecule has 3 aromatic carbocycles. The Hall–Kier alpha value is -1.47. The lowest BCUT2D eigenvalue weighted by molar-refractivity contribution is 0.0978. The Bertz CT molecular complexity index is 1340. The molecule has 4 rings (SSSR count). The van der Waals surface area contributed by atoms with Crippen LogP contribution in [-0.2, 0) is 0 Å². The van der Waals surface area contributed by atoms with E-state index in [4.69, 9.17) is 39.8 Å². The van der Waals surface area contributed by atoms with E-state index in [-0.39, 0.29) is 11.0 Å². The van der Waals surface area contributed by atoms with Gasteiger partial charge in [-0.25, -0.2) is 4.98 Å². The summed E-state index contributed by atoms with van der Waals surface area (Å²) in [4.78, 5) is 17.0. The maximum Gasteiger partial charge on any atom is 0.258 e. The largest absolute Gasteiger partial charge is 0.436 e. The highest BCUT2D eigenvalue weighted by Gasteiger charge is 2.15. The fourth-order valence-electron chi connectivity index (χ4n) is 2.79. The van der Waals surface area contributed by atoms with Crippen LogP contribution < -0.4 is 10.6 Å². The number of nitrogens with zero attached hydrogens (tertiary/aromatic N) is 1. The highest BCUT2D eigenvalue weighted by molar-refractivity contribution is 14.1. The number of thiocarbonyl (C=S) groups is 1. The van der Waals surface area contributed by atoms with Gasteiger partial charge in [-0.2, -0.15) is 0 Å². The van der Waals surface area contributed by atoms with Gasteiger partial charge >= 0.3 is 0 Å². The summed E-state index contributed by atoms with van der Waals surface area (Å²) in [5.74, 6) is 0.0407. The summed E-state index contributed by atoms with van der Waals surface area (Å²) in [6, 6.07) is 16.2. The van der Waals surface area contributed by atoms with Gasteiger partial charge in [0.15, 0.2) is 10.7 Å². The maximum atomic E-state index is 12.5. The lowest BCUT2D eigenvalue weighted by Gasteiger charge is -2.10. The molecule has 0 unspecified atom stereocenters. The molecular formula is C21H11Cl2I2N3O2S. The lowest BCUT2D eigenvalue weighted by Crippen LogP contribution is -2.34. The van der Waals surface area contributed by atoms with E-state index in [1.165, 1.54) is 0 Å². The summed E-state index contributed by atoms with van der Waals surface area (Å²) < 4.78 is 7.77. The molecule has 0 fully saturated rings. The van der Waals surface area contributed by atoms with Gasteiger partial charge in [0.25, 0.3) is 5.91 Å². The van der Waals surface area contributed by atoms with Gasteiger partial charge in [0.1, 0.15) is 5.52 Å². The van der Waals surface area contributed by atoms with Crippen molar-refractivity contribution in [2.45, 2.75) is 0 Å². The second-order valence-electron chi connectivity index (χ2n) is 6.36. The Balaban J connectivity index is 1.52. The van der Waals surface area contributed by atoms with Crippen molar-refractivity contribution in [1.82, 2.24) is 10.3 Å². The average Bonchev–Trinajstić information content (AvgIpc) is 3.14. The highest BCUT2D eigenvalue weighted by atomic mass is 127. The molecular weight excluding hydrogens is 683 g/mol. The molecule has 156 valence electrons. The van der Waals surface area contributed by atoms with E-state index in [2.05, 4.69) is 60.8 Å². The molecule has 4 aromatic rings. The SMILES string of the molecule is O=C(NC(=S)Nc1ccc2oc(-c3cc(I)ccc3Cl)nc2c1)c1cc(I)ccc1Cl. The van der Waals surface area contributed by atoms with Crippen molar-refractivity contribution in [3.63, 3.8) is 0 Å². The van der Waals surface area contributed by atoms with Crippen LogP contribution in [0.3, 0.4) is 0 Å². The Morgan fingerprint density at radius 2 is 1.68 bits per heavy atom. The quantitative estimate of drug-likeness (QED) is 0.177. The number of benzene rings is 3. The molecule has 0 aliphatic heterocycles. The van der Waals surface area contributed by atoms with Crippen molar-refractivity contribution in [3.05, 3.63) is 77.3 Å². The smallest absolute Gasteiger partial charge is 0.258 e. The van der Waals surface area contributed by atoms with Gasteiger partial charge in [-0.3, -0.25) is 10.1 Å². The Morgan fingerprint density at radius 3 is 2.45 bits per heavy atom. The zero-order chi connectivity index (χ0) is 22.1. The normalized spacial score (nSPS) is 10.8. The van der Waals surface area contributed by atoms with Crippen molar-refractivity contribution in [3.8, 4) is 11.5 Å². The van der Waals surface area contributed by atoms with Crippen LogP contribution in [0.4, 0.5) is 5.69 Å². The van der Waals surface area contributed by atoms with Crippen LogP contribution >= 0.6 is 80.6 Å². The number of carbonyl (C=O) groups is 1. The second kappa shape index (κ2) is 9.57. The minimum atomic E-state index is -0.390. The molecule has 2 N–H and O–H groups in total. The van der Waals surface area contributed by atoms with Gasteiger partial charge in [0, 0.05) is 12.8 Å². The number of rotatable bonds is 3. The van der Waals surface area contributed by atoms with E-state index in [0.717, 1.165) is 12.7 Å². The van der Waals surface area contributed by atoms with Crippen LogP contribution in [0.25, 0.3) is 22.6 Å². The molecule has 1 heterocycles. The molecule has 1 amide bonds. The molecule has 10 heteroatoms. The van der Waals surface area contributed by atoms with Crippen molar-refractivity contribution in [2.24, 2.45) is 0 Å². The van der Waals surface area contributed by atoms with Crippen molar-refractivity contribution < 1.29 is 9.21 Å². The topological polar surface area (TPSA) is 67.2 Å². The lowest BCUT2D eigenvalue weighted by atomic mass is 10.2. The van der Waals surface area contributed by atoms with E-state index < -0.39 is 0 Å². The summed E-state index contributed by atoms with van der Waals surface area (Å²) in [6.07, 6.45) is 0. The standard InChI is InChI=1S/C21H11Cl2I2N3O2S/c22-15-4-1-10(24)7-13(15)19(29)28-21(31)26-12-3-6-18-17(9-12)27-20(30-18)14-8-11(25)2-5-16(14)23/h1-9H,(H2,26,28,29,31). The first kappa shape index (κ1) is 22.7. The van der Waals surface area contributed by atoms with Crippen molar-refractivity contribution in [1.29, 1.82) is 0 Å². The first-order chi connectivity index (χ1) is 14.8. The molecule has 0 spiro atoms. The van der Waals surface area contributed by atoms with Gasteiger partial charge in [0.2, 0.25) is 5.89 Å². The van der Waals surface area contributed by atoms with E-state index in [1.54, 1.807) is 30.3 Å². The minimum Gasteiger partial charge on any atom is -0.436 e. The summed E-state index contributed by atoms with van der Waals surface area (Å²) in [7, 11) is 0. The number of oxazole rings is 1. The number of aromatic nitrogens is 1. The van der Waals surface area contributed by atoms with Crippen LogP contribution in [0.15, 0.2) is 59.0 Å². The predicted octanol–water partition coefficient (Wildman–Crippen LogP) is 7.14. The van der Waals surface area contributed by atoms with E-state index >= 15 is 0 Å². The van der Waals surface area contributed by atoms with Crippen molar-refractivity contribution >= 4 is 108 Å². The van der Waals surface area contributed by atoms with E-state index in [0.29, 0.717) is 38.3 Å². The minimum absolute atomic E-state index is 0.142. The Labute approximate surface area is 220 Å². The number of carbonyl (C=O) groups excluding carboxylic acids is 1. The Morgan fingerprint density at radius 1 is 0.968 bits per heavy atom. The predicted molar refractivity (Wildman–Crippen MR) is 145 cm³/mol. The van der Waals surface area contributed by atoms with Crippen LogP contribution in [-0.4, -0.2) is 16.0 Å². The first-order valence-electron chi connectivity index (χ1n) is 8.73. The van der Waals surface area contributed by atoms with Crippen molar-refractivity contribution in [2.75, 3.05) is 5.32 Å². The fraction of sp³-hybridized carbons (Fsp3) is 0. The number of hydrogen-bond acceptors (Lipinski definition) is 4. The third kappa shape index (κ3) is 5.30. The molecule has 0 radical (unpaired) electrons. The molecule has 0 aliphatic carbocycles. The molecule has 5 nitrogen and oxygen atoms in total. The molecule has 0 atom stereocenters. The third-order valence-corrected chi connectivity index (χ3v) is 6.41. The zero-order valence-electron chi connectivity index (χ0n) is 15.4. The van der Waals surface area contributed by atoms with Gasteiger partial charge in [-0.05, 0) is 112 Å². The van der Waals surface area contributed by atoms with Crippen LogP contribution in [0.1, 0.15) is 10.4 Å². The summed E-state index contributed by atoms with van der Waals surface area (Å²) in [5, 5.41) is 6.68. The second-order valence-corrected chi connectivity index (χ2v) is 10.1. The van der Waals surface area contributed by atoms with E-state index in [1.807, 2.05) is 24.3 Å². The fourth-order valence-corrected chi connectivity index (χ4v) is 4.38. The summed E-state index contributed by atoms with van der Waals surface area (Å²) >= 11 is 22.0. The van der Waals surface area contributed by atoms with Gasteiger partial charge in [0.05, 0.1) is 21.2 Å². The highest BCUT2D eigenvalue weighted by Crippen LogP contribution is 2.32.